The number of aryl methyl sites for hydroxylation is 1. The fourth-order valence-electron chi connectivity index (χ4n) is 3.19. The molecule has 168 valence electrons. The number of rotatable bonds is 7. The predicted molar refractivity (Wildman–Crippen MR) is 125 cm³/mol. The summed E-state index contributed by atoms with van der Waals surface area (Å²) < 4.78 is 30.7. The zero-order valence-electron chi connectivity index (χ0n) is 18.1. The molecule has 0 saturated carbocycles. The van der Waals surface area contributed by atoms with Gasteiger partial charge in [-0.05, 0) is 61.4 Å². The topological polar surface area (TPSA) is 57.1 Å². The number of carbonyl (C=O) groups is 1. The van der Waals surface area contributed by atoms with Gasteiger partial charge in [-0.3, -0.25) is 0 Å². The van der Waals surface area contributed by atoms with Crippen LogP contribution in [0.2, 0.25) is 5.02 Å². The van der Waals surface area contributed by atoms with E-state index < -0.39 is 5.97 Å². The van der Waals surface area contributed by atoms with Crippen LogP contribution in [0.25, 0.3) is 6.08 Å². The minimum Gasteiger partial charge on any atom is -0.490 e. The SMILES string of the molecule is CCOc1cc(/C=C2\N=C(c3ccc(C)c(Cl)c3)OC2=O)ccc1OCc1ccccc1F. The lowest BCUT2D eigenvalue weighted by molar-refractivity contribution is -0.129. The standard InChI is InChI=1S/C26H21ClFNO4/c1-3-31-24-13-17(9-11-23(24)32-15-19-6-4-5-7-21(19)28)12-22-26(30)33-25(29-22)18-10-8-16(2)20(27)14-18/h4-14H,3,15H2,1-2H3/b22-12-. The summed E-state index contributed by atoms with van der Waals surface area (Å²) >= 11 is 6.17. The lowest BCUT2D eigenvalue weighted by Gasteiger charge is -2.13. The number of halogens is 2. The van der Waals surface area contributed by atoms with Crippen molar-refractivity contribution in [2.45, 2.75) is 20.5 Å². The molecule has 0 fully saturated rings. The zero-order valence-corrected chi connectivity index (χ0v) is 18.9. The first-order chi connectivity index (χ1) is 15.9. The summed E-state index contributed by atoms with van der Waals surface area (Å²) in [5, 5.41) is 0.566. The van der Waals surface area contributed by atoms with E-state index in [1.165, 1.54) is 6.07 Å². The largest absolute Gasteiger partial charge is 0.490 e. The molecule has 3 aromatic carbocycles. The normalized spacial score (nSPS) is 14.2. The Balaban J connectivity index is 1.57. The van der Waals surface area contributed by atoms with Crippen molar-refractivity contribution in [2.24, 2.45) is 4.99 Å². The summed E-state index contributed by atoms with van der Waals surface area (Å²) in [7, 11) is 0. The predicted octanol–water partition coefficient (Wildman–Crippen LogP) is 6.11. The maximum atomic E-state index is 13.9. The smallest absolute Gasteiger partial charge is 0.363 e. The second kappa shape index (κ2) is 9.88. The quantitative estimate of drug-likeness (QED) is 0.312. The van der Waals surface area contributed by atoms with Crippen molar-refractivity contribution in [3.05, 3.63) is 99.5 Å². The second-order valence-corrected chi connectivity index (χ2v) is 7.73. The molecule has 1 aliphatic rings. The highest BCUT2D eigenvalue weighted by Gasteiger charge is 2.24. The summed E-state index contributed by atoms with van der Waals surface area (Å²) in [6.07, 6.45) is 1.61. The molecule has 0 aromatic heterocycles. The van der Waals surface area contributed by atoms with E-state index in [0.29, 0.717) is 39.8 Å². The van der Waals surface area contributed by atoms with E-state index in [2.05, 4.69) is 4.99 Å². The number of carbonyl (C=O) groups excluding carboxylic acids is 1. The molecule has 0 radical (unpaired) electrons. The van der Waals surface area contributed by atoms with E-state index in [1.54, 1.807) is 54.6 Å². The summed E-state index contributed by atoms with van der Waals surface area (Å²) in [5.41, 5.74) is 2.81. The summed E-state index contributed by atoms with van der Waals surface area (Å²) in [5.74, 6) is 0.251. The van der Waals surface area contributed by atoms with E-state index in [1.807, 2.05) is 19.9 Å². The number of esters is 1. The van der Waals surface area contributed by atoms with Crippen LogP contribution in [0.15, 0.2) is 71.4 Å². The first-order valence-electron chi connectivity index (χ1n) is 10.4. The highest BCUT2D eigenvalue weighted by molar-refractivity contribution is 6.31. The molecule has 0 aliphatic carbocycles. The van der Waals surface area contributed by atoms with Crippen LogP contribution in [-0.2, 0) is 16.1 Å². The highest BCUT2D eigenvalue weighted by atomic mass is 35.5. The number of benzene rings is 3. The Morgan fingerprint density at radius 2 is 1.88 bits per heavy atom. The van der Waals surface area contributed by atoms with E-state index >= 15 is 0 Å². The molecule has 3 aromatic rings. The van der Waals surface area contributed by atoms with Gasteiger partial charge in [0.1, 0.15) is 12.4 Å². The minimum atomic E-state index is -0.556. The fourth-order valence-corrected chi connectivity index (χ4v) is 3.37. The van der Waals surface area contributed by atoms with Gasteiger partial charge in [-0.1, -0.05) is 41.9 Å². The summed E-state index contributed by atoms with van der Waals surface area (Å²) in [6.45, 7) is 4.21. The van der Waals surface area contributed by atoms with Gasteiger partial charge < -0.3 is 14.2 Å². The van der Waals surface area contributed by atoms with Crippen LogP contribution in [0, 0.1) is 12.7 Å². The molecule has 0 bridgehead atoms. The zero-order chi connectivity index (χ0) is 23.4. The number of aliphatic imine (C=N–C) groups is 1. The first kappa shape index (κ1) is 22.6. The Morgan fingerprint density at radius 1 is 1.06 bits per heavy atom. The molecule has 0 amide bonds. The molecule has 0 N–H and O–H groups in total. The Morgan fingerprint density at radius 3 is 2.64 bits per heavy atom. The fraction of sp³-hybridized carbons (Fsp3) is 0.154. The lowest BCUT2D eigenvalue weighted by atomic mass is 10.1. The maximum Gasteiger partial charge on any atom is 0.363 e. The number of hydrogen-bond donors (Lipinski definition) is 0. The molecule has 1 aliphatic heterocycles. The Bertz CT molecular complexity index is 1270. The molecule has 0 unspecified atom stereocenters. The summed E-state index contributed by atoms with van der Waals surface area (Å²) in [4.78, 5) is 16.7. The number of hydrogen-bond acceptors (Lipinski definition) is 5. The van der Waals surface area contributed by atoms with Gasteiger partial charge in [0.15, 0.2) is 17.2 Å². The molecular formula is C26H21ClFNO4. The minimum absolute atomic E-state index is 0.0618. The van der Waals surface area contributed by atoms with Gasteiger partial charge >= 0.3 is 5.97 Å². The molecule has 1 heterocycles. The molecule has 4 rings (SSSR count). The van der Waals surface area contributed by atoms with Gasteiger partial charge in [-0.2, -0.15) is 0 Å². The Kier molecular flexibility index (Phi) is 6.75. The Hall–Kier alpha value is -3.64. The van der Waals surface area contributed by atoms with Gasteiger partial charge in [-0.25, -0.2) is 14.2 Å². The number of nitrogens with zero attached hydrogens (tertiary/aromatic N) is 1. The number of ether oxygens (including phenoxy) is 3. The van der Waals surface area contributed by atoms with Gasteiger partial charge in [0.2, 0.25) is 5.90 Å². The average molecular weight is 466 g/mol. The summed E-state index contributed by atoms with van der Waals surface area (Å²) in [6, 6.07) is 17.0. The van der Waals surface area contributed by atoms with Crippen LogP contribution in [0.3, 0.4) is 0 Å². The van der Waals surface area contributed by atoms with Crippen LogP contribution in [-0.4, -0.2) is 18.5 Å². The van der Waals surface area contributed by atoms with Crippen LogP contribution < -0.4 is 9.47 Å². The van der Waals surface area contributed by atoms with Crippen molar-refractivity contribution in [2.75, 3.05) is 6.61 Å². The second-order valence-electron chi connectivity index (χ2n) is 7.32. The van der Waals surface area contributed by atoms with Crippen LogP contribution >= 0.6 is 11.6 Å². The molecule has 5 nitrogen and oxygen atoms in total. The van der Waals surface area contributed by atoms with Gasteiger partial charge in [0.05, 0.1) is 6.61 Å². The molecule has 7 heteroatoms. The van der Waals surface area contributed by atoms with Crippen molar-refractivity contribution >= 4 is 29.5 Å². The van der Waals surface area contributed by atoms with E-state index in [9.17, 15) is 9.18 Å². The first-order valence-corrected chi connectivity index (χ1v) is 10.7. The Labute approximate surface area is 196 Å². The monoisotopic (exact) mass is 465 g/mol. The van der Waals surface area contributed by atoms with Crippen molar-refractivity contribution in [3.63, 3.8) is 0 Å². The van der Waals surface area contributed by atoms with Crippen molar-refractivity contribution in [3.8, 4) is 11.5 Å². The maximum absolute atomic E-state index is 13.9. The molecule has 0 spiro atoms. The molecular weight excluding hydrogens is 445 g/mol. The molecule has 33 heavy (non-hydrogen) atoms. The van der Waals surface area contributed by atoms with Crippen LogP contribution in [0.1, 0.15) is 29.2 Å². The molecule has 0 saturated heterocycles. The number of cyclic esters (lactones) is 1. The lowest BCUT2D eigenvalue weighted by Crippen LogP contribution is -2.05. The van der Waals surface area contributed by atoms with Crippen molar-refractivity contribution in [1.82, 2.24) is 0 Å². The van der Waals surface area contributed by atoms with Gasteiger partial charge in [0, 0.05) is 16.1 Å². The third-order valence-corrected chi connectivity index (χ3v) is 5.36. The average Bonchev–Trinajstić information content (AvgIpc) is 3.16. The third-order valence-electron chi connectivity index (χ3n) is 4.95. The van der Waals surface area contributed by atoms with Crippen molar-refractivity contribution in [1.29, 1.82) is 0 Å². The van der Waals surface area contributed by atoms with E-state index in [-0.39, 0.29) is 24.0 Å². The third kappa shape index (κ3) is 5.23. The van der Waals surface area contributed by atoms with Crippen LogP contribution in [0.4, 0.5) is 4.39 Å². The van der Waals surface area contributed by atoms with E-state index in [4.69, 9.17) is 25.8 Å². The molecule has 0 atom stereocenters. The van der Waals surface area contributed by atoms with Gasteiger partial charge in [0.25, 0.3) is 0 Å². The van der Waals surface area contributed by atoms with Gasteiger partial charge in [-0.15, -0.1) is 0 Å². The highest BCUT2D eigenvalue weighted by Crippen LogP contribution is 2.31. The van der Waals surface area contributed by atoms with Crippen LogP contribution in [0.5, 0.6) is 11.5 Å². The van der Waals surface area contributed by atoms with E-state index in [0.717, 1.165) is 5.56 Å². The van der Waals surface area contributed by atoms with Crippen molar-refractivity contribution < 1.29 is 23.4 Å².